The maximum absolute atomic E-state index is 12.0. The Labute approximate surface area is 125 Å². The molecule has 0 saturated carbocycles. The number of piperazine rings is 1. The third-order valence-corrected chi connectivity index (χ3v) is 4.14. The molecule has 0 bridgehead atoms. The summed E-state index contributed by atoms with van der Waals surface area (Å²) in [5.74, 6) is -0.810. The summed E-state index contributed by atoms with van der Waals surface area (Å²) in [6, 6.07) is -0.0219. The van der Waals surface area contributed by atoms with E-state index in [1.807, 2.05) is 4.90 Å². The molecule has 0 unspecified atom stereocenters. The molecule has 120 valence electrons. The van der Waals surface area contributed by atoms with Crippen LogP contribution in [-0.4, -0.2) is 90.7 Å². The highest BCUT2D eigenvalue weighted by Gasteiger charge is 2.21. The van der Waals surface area contributed by atoms with Crippen LogP contribution in [0.25, 0.3) is 0 Å². The second-order valence-corrected chi connectivity index (χ2v) is 5.79. The van der Waals surface area contributed by atoms with E-state index in [0.29, 0.717) is 32.7 Å². The standard InChI is InChI=1S/C14H26N4O3/c19-13(20)12-17-8-10-18(11-9-17)14(21)15-4-3-7-16-5-1-2-6-16/h1-12H2,(H,15,21)(H,19,20). The molecule has 2 N–H and O–H groups in total. The number of nitrogens with zero attached hydrogens (tertiary/aromatic N) is 3. The number of hydrogen-bond acceptors (Lipinski definition) is 4. The van der Waals surface area contributed by atoms with Crippen LogP contribution in [0.1, 0.15) is 19.3 Å². The highest BCUT2D eigenvalue weighted by Crippen LogP contribution is 2.07. The van der Waals surface area contributed by atoms with E-state index in [1.165, 1.54) is 25.9 Å². The lowest BCUT2D eigenvalue weighted by Gasteiger charge is -2.33. The number of amides is 2. The van der Waals surface area contributed by atoms with E-state index < -0.39 is 5.97 Å². The number of likely N-dealkylation sites (tertiary alicyclic amines) is 1. The normalized spacial score (nSPS) is 20.7. The van der Waals surface area contributed by atoms with Crippen molar-refractivity contribution in [1.82, 2.24) is 20.0 Å². The largest absolute Gasteiger partial charge is 0.480 e. The molecular weight excluding hydrogens is 272 g/mol. The first-order valence-corrected chi connectivity index (χ1v) is 7.84. The molecule has 0 aromatic heterocycles. The summed E-state index contributed by atoms with van der Waals surface area (Å²) >= 11 is 0. The minimum Gasteiger partial charge on any atom is -0.480 e. The van der Waals surface area contributed by atoms with Gasteiger partial charge in [0, 0.05) is 32.7 Å². The molecule has 0 aliphatic carbocycles. The van der Waals surface area contributed by atoms with Crippen molar-refractivity contribution in [3.8, 4) is 0 Å². The van der Waals surface area contributed by atoms with Crippen LogP contribution in [-0.2, 0) is 4.79 Å². The molecule has 2 aliphatic rings. The summed E-state index contributed by atoms with van der Waals surface area (Å²) in [6.45, 7) is 6.69. The van der Waals surface area contributed by atoms with Gasteiger partial charge in [0.15, 0.2) is 0 Å². The number of rotatable bonds is 6. The zero-order valence-corrected chi connectivity index (χ0v) is 12.6. The van der Waals surface area contributed by atoms with Crippen molar-refractivity contribution < 1.29 is 14.7 Å². The quantitative estimate of drug-likeness (QED) is 0.669. The van der Waals surface area contributed by atoms with E-state index in [4.69, 9.17) is 5.11 Å². The first kappa shape index (κ1) is 16.0. The number of carboxylic acids is 1. The molecule has 0 radical (unpaired) electrons. The van der Waals surface area contributed by atoms with E-state index >= 15 is 0 Å². The number of aliphatic carboxylic acids is 1. The van der Waals surface area contributed by atoms with Gasteiger partial charge in [-0.25, -0.2) is 4.79 Å². The van der Waals surface area contributed by atoms with Crippen molar-refractivity contribution >= 4 is 12.0 Å². The van der Waals surface area contributed by atoms with Crippen molar-refractivity contribution in [3.63, 3.8) is 0 Å². The number of hydrogen-bond donors (Lipinski definition) is 2. The summed E-state index contributed by atoms with van der Waals surface area (Å²) in [4.78, 5) is 28.7. The summed E-state index contributed by atoms with van der Waals surface area (Å²) in [5.41, 5.74) is 0. The van der Waals surface area contributed by atoms with Gasteiger partial charge in [-0.05, 0) is 38.9 Å². The van der Waals surface area contributed by atoms with Crippen LogP contribution in [0.15, 0.2) is 0 Å². The van der Waals surface area contributed by atoms with E-state index in [9.17, 15) is 9.59 Å². The maximum Gasteiger partial charge on any atom is 0.317 e. The Morgan fingerprint density at radius 1 is 0.952 bits per heavy atom. The lowest BCUT2D eigenvalue weighted by Crippen LogP contribution is -2.52. The summed E-state index contributed by atoms with van der Waals surface area (Å²) in [5, 5.41) is 11.7. The molecule has 2 amide bonds. The first-order valence-electron chi connectivity index (χ1n) is 7.84. The van der Waals surface area contributed by atoms with Crippen LogP contribution in [0.2, 0.25) is 0 Å². The second-order valence-electron chi connectivity index (χ2n) is 5.79. The Kier molecular flexibility index (Phi) is 6.25. The number of nitrogens with one attached hydrogen (secondary N) is 1. The van der Waals surface area contributed by atoms with Crippen LogP contribution >= 0.6 is 0 Å². The first-order chi connectivity index (χ1) is 10.1. The molecule has 2 saturated heterocycles. The molecule has 0 spiro atoms. The van der Waals surface area contributed by atoms with E-state index in [1.54, 1.807) is 4.90 Å². The molecule has 0 atom stereocenters. The molecule has 7 heteroatoms. The maximum atomic E-state index is 12.0. The summed E-state index contributed by atoms with van der Waals surface area (Å²) in [6.07, 6.45) is 3.59. The average molecular weight is 298 g/mol. The molecule has 2 rings (SSSR count). The zero-order chi connectivity index (χ0) is 15.1. The fraction of sp³-hybridized carbons (Fsp3) is 0.857. The van der Waals surface area contributed by atoms with Crippen LogP contribution < -0.4 is 5.32 Å². The van der Waals surface area contributed by atoms with E-state index in [0.717, 1.165) is 13.0 Å². The van der Waals surface area contributed by atoms with Gasteiger partial charge in [-0.15, -0.1) is 0 Å². The number of carbonyl (C=O) groups excluding carboxylic acids is 1. The van der Waals surface area contributed by atoms with Crippen LogP contribution in [0, 0.1) is 0 Å². The topological polar surface area (TPSA) is 76.1 Å². The molecule has 0 aromatic rings. The number of carboxylic acid groups (broad SMARTS) is 1. The highest BCUT2D eigenvalue weighted by atomic mass is 16.4. The van der Waals surface area contributed by atoms with Crippen molar-refractivity contribution in [2.45, 2.75) is 19.3 Å². The highest BCUT2D eigenvalue weighted by molar-refractivity contribution is 5.74. The fourth-order valence-electron chi connectivity index (χ4n) is 2.92. The van der Waals surface area contributed by atoms with Gasteiger partial charge in [-0.1, -0.05) is 0 Å². The van der Waals surface area contributed by atoms with Crippen LogP contribution in [0.3, 0.4) is 0 Å². The average Bonchev–Trinajstić information content (AvgIpc) is 2.97. The molecular formula is C14H26N4O3. The second kappa shape index (κ2) is 8.19. The molecule has 21 heavy (non-hydrogen) atoms. The van der Waals surface area contributed by atoms with Crippen molar-refractivity contribution in [1.29, 1.82) is 0 Å². The van der Waals surface area contributed by atoms with Gasteiger partial charge in [0.25, 0.3) is 0 Å². The van der Waals surface area contributed by atoms with Gasteiger partial charge in [-0.3, -0.25) is 9.69 Å². The van der Waals surface area contributed by atoms with Crippen molar-refractivity contribution in [2.24, 2.45) is 0 Å². The van der Waals surface area contributed by atoms with Crippen LogP contribution in [0.4, 0.5) is 4.79 Å². The Morgan fingerprint density at radius 3 is 2.24 bits per heavy atom. The van der Waals surface area contributed by atoms with Gasteiger partial charge in [0.1, 0.15) is 0 Å². The monoisotopic (exact) mass is 298 g/mol. The fourth-order valence-corrected chi connectivity index (χ4v) is 2.92. The van der Waals surface area contributed by atoms with Crippen molar-refractivity contribution in [3.05, 3.63) is 0 Å². The number of carbonyl (C=O) groups is 2. The van der Waals surface area contributed by atoms with E-state index in [-0.39, 0.29) is 12.6 Å². The predicted molar refractivity (Wildman–Crippen MR) is 79.3 cm³/mol. The predicted octanol–water partition coefficient (Wildman–Crippen LogP) is -0.116. The zero-order valence-electron chi connectivity index (χ0n) is 12.6. The molecule has 2 fully saturated rings. The molecule has 0 aromatic carbocycles. The Balaban J connectivity index is 1.55. The Bertz CT molecular complexity index is 350. The van der Waals surface area contributed by atoms with Gasteiger partial charge < -0.3 is 20.2 Å². The van der Waals surface area contributed by atoms with Gasteiger partial charge in [0.2, 0.25) is 0 Å². The molecule has 7 nitrogen and oxygen atoms in total. The molecule has 2 heterocycles. The SMILES string of the molecule is O=C(O)CN1CCN(C(=O)NCCCN2CCCC2)CC1. The minimum absolute atomic E-state index is 0.0219. The smallest absolute Gasteiger partial charge is 0.317 e. The summed E-state index contributed by atoms with van der Waals surface area (Å²) < 4.78 is 0. The van der Waals surface area contributed by atoms with Gasteiger partial charge in [-0.2, -0.15) is 0 Å². The third kappa shape index (κ3) is 5.51. The summed E-state index contributed by atoms with van der Waals surface area (Å²) in [7, 11) is 0. The molecule has 2 aliphatic heterocycles. The lowest BCUT2D eigenvalue weighted by atomic mass is 10.3. The van der Waals surface area contributed by atoms with Crippen LogP contribution in [0.5, 0.6) is 0 Å². The van der Waals surface area contributed by atoms with E-state index in [2.05, 4.69) is 10.2 Å². The Morgan fingerprint density at radius 2 is 1.62 bits per heavy atom. The Hall–Kier alpha value is -1.34. The lowest BCUT2D eigenvalue weighted by molar-refractivity contribution is -0.138. The van der Waals surface area contributed by atoms with Gasteiger partial charge in [0.05, 0.1) is 6.54 Å². The van der Waals surface area contributed by atoms with Crippen molar-refractivity contribution in [2.75, 3.05) is 58.9 Å². The minimum atomic E-state index is -0.810. The number of urea groups is 1. The third-order valence-electron chi connectivity index (χ3n) is 4.14. The van der Waals surface area contributed by atoms with Gasteiger partial charge >= 0.3 is 12.0 Å².